The summed E-state index contributed by atoms with van der Waals surface area (Å²) in [5.41, 5.74) is 1.92. The average Bonchev–Trinajstić information content (AvgIpc) is 3.52. The molecule has 2 N–H and O–H groups in total. The number of rotatable bonds is 9. The summed E-state index contributed by atoms with van der Waals surface area (Å²) >= 11 is 0. The average molecular weight is 396 g/mol. The Morgan fingerprint density at radius 2 is 1.83 bits per heavy atom. The zero-order valence-corrected chi connectivity index (χ0v) is 16.3. The van der Waals surface area contributed by atoms with Crippen LogP contribution in [0, 0.1) is 10.1 Å². The number of hydrogen-bond donors (Lipinski definition) is 2. The van der Waals surface area contributed by atoms with Crippen LogP contribution in [0.25, 0.3) is 0 Å². The minimum atomic E-state index is -0.454. The maximum absolute atomic E-state index is 12.3. The number of nitro groups is 1. The first-order valence-electron chi connectivity index (χ1n) is 9.55. The fourth-order valence-electron chi connectivity index (χ4n) is 2.90. The Morgan fingerprint density at radius 3 is 2.48 bits per heavy atom. The quantitative estimate of drug-likeness (QED) is 0.501. The molecule has 3 rings (SSSR count). The first-order valence-corrected chi connectivity index (χ1v) is 9.55. The van der Waals surface area contributed by atoms with Gasteiger partial charge in [-0.05, 0) is 36.6 Å². The van der Waals surface area contributed by atoms with Gasteiger partial charge in [-0.2, -0.15) is 0 Å². The minimum absolute atomic E-state index is 0.0147. The molecule has 0 spiro atoms. The summed E-state index contributed by atoms with van der Waals surface area (Å²) in [6.45, 7) is 0.725. The predicted molar refractivity (Wildman–Crippen MR) is 110 cm³/mol. The van der Waals surface area contributed by atoms with Crippen molar-refractivity contribution in [3.63, 3.8) is 0 Å². The monoisotopic (exact) mass is 396 g/mol. The van der Waals surface area contributed by atoms with Gasteiger partial charge in [0, 0.05) is 44.2 Å². The van der Waals surface area contributed by atoms with Gasteiger partial charge in [-0.1, -0.05) is 24.3 Å². The Kier molecular flexibility index (Phi) is 6.43. The van der Waals surface area contributed by atoms with Crippen LogP contribution in [-0.4, -0.2) is 41.3 Å². The van der Waals surface area contributed by atoms with Crippen LogP contribution in [0.3, 0.4) is 0 Å². The molecular weight excluding hydrogens is 372 g/mol. The van der Waals surface area contributed by atoms with Crippen LogP contribution in [0.1, 0.15) is 35.2 Å². The van der Waals surface area contributed by atoms with Crippen molar-refractivity contribution in [3.8, 4) is 0 Å². The molecule has 0 saturated heterocycles. The maximum Gasteiger partial charge on any atom is 0.292 e. The predicted octanol–water partition coefficient (Wildman–Crippen LogP) is 2.95. The molecule has 29 heavy (non-hydrogen) atoms. The molecule has 0 bridgehead atoms. The third-order valence-electron chi connectivity index (χ3n) is 4.73. The van der Waals surface area contributed by atoms with Crippen LogP contribution in [0.4, 0.5) is 11.4 Å². The SMILES string of the molecule is CN(Cc1ccc(C(=O)NC2CC2)cc1)C(=O)CCNc1ccccc1[N+](=O)[O-]. The fourth-order valence-corrected chi connectivity index (χ4v) is 2.90. The molecular formula is C21H24N4O4. The second-order valence-electron chi connectivity index (χ2n) is 7.15. The molecule has 0 heterocycles. The lowest BCUT2D eigenvalue weighted by Gasteiger charge is -2.18. The molecule has 1 aliphatic rings. The van der Waals surface area contributed by atoms with Crippen molar-refractivity contribution in [1.29, 1.82) is 0 Å². The number of nitrogens with one attached hydrogen (secondary N) is 2. The lowest BCUT2D eigenvalue weighted by atomic mass is 10.1. The van der Waals surface area contributed by atoms with Crippen molar-refractivity contribution in [2.75, 3.05) is 18.9 Å². The standard InChI is InChI=1S/C21H24N4O4/c1-24(14-15-6-8-16(9-7-15)21(27)23-17-10-11-17)20(26)12-13-22-18-4-2-3-5-19(18)25(28)29/h2-9,17,22H,10-14H2,1H3,(H,23,27). The lowest BCUT2D eigenvalue weighted by Crippen LogP contribution is -2.28. The van der Waals surface area contributed by atoms with Crippen molar-refractivity contribution < 1.29 is 14.5 Å². The van der Waals surface area contributed by atoms with Crippen LogP contribution in [0.15, 0.2) is 48.5 Å². The molecule has 0 unspecified atom stereocenters. The molecule has 0 radical (unpaired) electrons. The number of anilines is 1. The van der Waals surface area contributed by atoms with Crippen molar-refractivity contribution in [3.05, 3.63) is 69.8 Å². The van der Waals surface area contributed by atoms with E-state index in [0.29, 0.717) is 30.4 Å². The molecule has 2 aromatic rings. The molecule has 8 nitrogen and oxygen atoms in total. The molecule has 1 aliphatic carbocycles. The summed E-state index contributed by atoms with van der Waals surface area (Å²) in [6.07, 6.45) is 2.30. The van der Waals surface area contributed by atoms with E-state index in [9.17, 15) is 19.7 Å². The van der Waals surface area contributed by atoms with Crippen LogP contribution >= 0.6 is 0 Å². The fraction of sp³-hybridized carbons (Fsp3) is 0.333. The second-order valence-corrected chi connectivity index (χ2v) is 7.15. The third kappa shape index (κ3) is 5.78. The van der Waals surface area contributed by atoms with Crippen molar-refractivity contribution in [1.82, 2.24) is 10.2 Å². The third-order valence-corrected chi connectivity index (χ3v) is 4.73. The number of amides is 2. The van der Waals surface area contributed by atoms with Gasteiger partial charge in [-0.15, -0.1) is 0 Å². The topological polar surface area (TPSA) is 105 Å². The van der Waals surface area contributed by atoms with Gasteiger partial charge in [0.1, 0.15) is 5.69 Å². The van der Waals surface area contributed by atoms with Gasteiger partial charge >= 0.3 is 0 Å². The van der Waals surface area contributed by atoms with Crippen molar-refractivity contribution >= 4 is 23.2 Å². The molecule has 1 saturated carbocycles. The van der Waals surface area contributed by atoms with Gasteiger partial charge < -0.3 is 15.5 Å². The summed E-state index contributed by atoms with van der Waals surface area (Å²) in [6, 6.07) is 13.9. The first-order chi connectivity index (χ1) is 13.9. The number of carbonyl (C=O) groups excluding carboxylic acids is 2. The highest BCUT2D eigenvalue weighted by atomic mass is 16.6. The van der Waals surface area contributed by atoms with E-state index in [1.807, 2.05) is 12.1 Å². The first kappa shape index (κ1) is 20.3. The molecule has 8 heteroatoms. The molecule has 2 amide bonds. The van der Waals surface area contributed by atoms with Crippen molar-refractivity contribution in [2.45, 2.75) is 31.8 Å². The number of benzene rings is 2. The van der Waals surface area contributed by atoms with Gasteiger partial charge in [-0.3, -0.25) is 19.7 Å². The van der Waals surface area contributed by atoms with E-state index in [0.717, 1.165) is 18.4 Å². The van der Waals surface area contributed by atoms with Gasteiger partial charge in [0.15, 0.2) is 0 Å². The van der Waals surface area contributed by atoms with Crippen LogP contribution in [0.2, 0.25) is 0 Å². The highest BCUT2D eigenvalue weighted by molar-refractivity contribution is 5.94. The number of carbonyl (C=O) groups is 2. The number of nitrogens with zero attached hydrogens (tertiary/aromatic N) is 2. The smallest absolute Gasteiger partial charge is 0.292 e. The summed E-state index contributed by atoms with van der Waals surface area (Å²) in [4.78, 5) is 36.5. The van der Waals surface area contributed by atoms with Gasteiger partial charge in [0.05, 0.1) is 4.92 Å². The van der Waals surface area contributed by atoms with E-state index in [4.69, 9.17) is 0 Å². The summed E-state index contributed by atoms with van der Waals surface area (Å²) in [7, 11) is 1.71. The van der Waals surface area contributed by atoms with Crippen LogP contribution in [-0.2, 0) is 11.3 Å². The van der Waals surface area contributed by atoms with E-state index >= 15 is 0 Å². The highest BCUT2D eigenvalue weighted by Crippen LogP contribution is 2.23. The second kappa shape index (κ2) is 9.18. The Labute approximate surface area is 169 Å². The Morgan fingerprint density at radius 1 is 1.14 bits per heavy atom. The molecule has 1 fully saturated rings. The van der Waals surface area contributed by atoms with E-state index in [1.54, 1.807) is 42.3 Å². The number of nitro benzene ring substituents is 1. The van der Waals surface area contributed by atoms with Gasteiger partial charge in [-0.25, -0.2) is 0 Å². The molecule has 152 valence electrons. The summed E-state index contributed by atoms with van der Waals surface area (Å²) < 4.78 is 0. The van der Waals surface area contributed by atoms with E-state index in [2.05, 4.69) is 10.6 Å². The number of para-hydroxylation sites is 2. The van der Waals surface area contributed by atoms with Crippen LogP contribution in [0.5, 0.6) is 0 Å². The molecule has 2 aromatic carbocycles. The summed E-state index contributed by atoms with van der Waals surface area (Å²) in [5, 5.41) is 16.9. The normalized spacial score (nSPS) is 12.9. The Balaban J connectivity index is 1.46. The molecule has 0 aromatic heterocycles. The zero-order valence-electron chi connectivity index (χ0n) is 16.3. The Hall–Kier alpha value is -3.42. The highest BCUT2D eigenvalue weighted by Gasteiger charge is 2.23. The van der Waals surface area contributed by atoms with E-state index < -0.39 is 4.92 Å². The van der Waals surface area contributed by atoms with Crippen LogP contribution < -0.4 is 10.6 Å². The molecule has 0 aliphatic heterocycles. The largest absolute Gasteiger partial charge is 0.379 e. The summed E-state index contributed by atoms with van der Waals surface area (Å²) in [5.74, 6) is -0.142. The zero-order chi connectivity index (χ0) is 20.8. The maximum atomic E-state index is 12.3. The minimum Gasteiger partial charge on any atom is -0.379 e. The van der Waals surface area contributed by atoms with E-state index in [-0.39, 0.29) is 23.9 Å². The van der Waals surface area contributed by atoms with Crippen molar-refractivity contribution in [2.24, 2.45) is 0 Å². The van der Waals surface area contributed by atoms with Gasteiger partial charge in [0.2, 0.25) is 5.91 Å². The number of hydrogen-bond acceptors (Lipinski definition) is 5. The van der Waals surface area contributed by atoms with E-state index in [1.165, 1.54) is 6.07 Å². The van der Waals surface area contributed by atoms with Gasteiger partial charge in [0.25, 0.3) is 11.6 Å². The molecule has 0 atom stereocenters. The lowest BCUT2D eigenvalue weighted by molar-refractivity contribution is -0.384. The Bertz CT molecular complexity index is 894.